The lowest BCUT2D eigenvalue weighted by Crippen LogP contribution is -2.26. The number of hydrogen-bond acceptors (Lipinski definition) is 4. The Labute approximate surface area is 150 Å². The molecule has 2 rings (SSSR count). The van der Waals surface area contributed by atoms with Gasteiger partial charge in [-0.05, 0) is 55.4 Å². The molecule has 26 heavy (non-hydrogen) atoms. The van der Waals surface area contributed by atoms with Gasteiger partial charge in [0.15, 0.2) is 0 Å². The topological polar surface area (TPSA) is 84.5 Å². The van der Waals surface area contributed by atoms with E-state index < -0.39 is 16.6 Å². The fourth-order valence-corrected chi connectivity index (χ4v) is 2.89. The van der Waals surface area contributed by atoms with Crippen LogP contribution in [0, 0.1) is 0 Å². The van der Waals surface area contributed by atoms with Crippen LogP contribution in [0.2, 0.25) is 0 Å². The molecule has 0 aliphatic rings. The van der Waals surface area contributed by atoms with E-state index in [0.717, 1.165) is 5.56 Å². The van der Waals surface area contributed by atoms with Crippen LogP contribution in [-0.4, -0.2) is 34.5 Å². The molecule has 0 fully saturated rings. The number of alkyl halides is 2. The second-order valence-electron chi connectivity index (χ2n) is 5.26. The van der Waals surface area contributed by atoms with Crippen LogP contribution in [0.3, 0.4) is 0 Å². The first-order valence-electron chi connectivity index (χ1n) is 7.67. The number of benzene rings is 2. The Morgan fingerprint density at radius 3 is 2.23 bits per heavy atom. The standard InChI is InChI=1S/C17H18F2N2O4S/c1-20-26(23,24)15-8-4-13(5-9-15)16(22)21-11-10-12-2-6-14(7-3-12)25-17(18)19/h2-9,17,20H,10-11H2,1H3,(H,21,22). The van der Waals surface area contributed by atoms with E-state index in [1.807, 2.05) is 0 Å². The number of rotatable bonds is 8. The molecule has 0 radical (unpaired) electrons. The zero-order valence-electron chi connectivity index (χ0n) is 13.9. The summed E-state index contributed by atoms with van der Waals surface area (Å²) in [5.41, 5.74) is 1.18. The van der Waals surface area contributed by atoms with Crippen LogP contribution < -0.4 is 14.8 Å². The summed E-state index contributed by atoms with van der Waals surface area (Å²) in [6, 6.07) is 11.7. The van der Waals surface area contributed by atoms with Crippen molar-refractivity contribution < 1.29 is 26.7 Å². The number of carbonyl (C=O) groups excluding carboxylic acids is 1. The van der Waals surface area contributed by atoms with Crippen LogP contribution in [0.4, 0.5) is 8.78 Å². The van der Waals surface area contributed by atoms with Crippen molar-refractivity contribution in [2.45, 2.75) is 17.9 Å². The number of sulfonamides is 1. The first kappa shape index (κ1) is 19.8. The molecule has 0 heterocycles. The summed E-state index contributed by atoms with van der Waals surface area (Å²) in [5, 5.41) is 2.71. The molecule has 9 heteroatoms. The summed E-state index contributed by atoms with van der Waals surface area (Å²) >= 11 is 0. The van der Waals surface area contributed by atoms with Gasteiger partial charge in [0.05, 0.1) is 4.90 Å². The molecule has 1 amide bonds. The monoisotopic (exact) mass is 384 g/mol. The van der Waals surface area contributed by atoms with Crippen molar-refractivity contribution in [1.29, 1.82) is 0 Å². The molecule has 0 aliphatic carbocycles. The van der Waals surface area contributed by atoms with E-state index in [1.54, 1.807) is 12.1 Å². The highest BCUT2D eigenvalue weighted by Gasteiger charge is 2.12. The molecule has 0 aliphatic heterocycles. The molecule has 0 unspecified atom stereocenters. The maximum atomic E-state index is 12.1. The highest BCUT2D eigenvalue weighted by molar-refractivity contribution is 7.89. The first-order valence-corrected chi connectivity index (χ1v) is 9.15. The molecule has 2 aromatic carbocycles. The van der Waals surface area contributed by atoms with E-state index in [2.05, 4.69) is 14.8 Å². The van der Waals surface area contributed by atoms with Gasteiger partial charge in [0.1, 0.15) is 5.75 Å². The van der Waals surface area contributed by atoms with E-state index >= 15 is 0 Å². The third-order valence-electron chi connectivity index (χ3n) is 3.54. The minimum absolute atomic E-state index is 0.0719. The summed E-state index contributed by atoms with van der Waals surface area (Å²) in [6.45, 7) is -2.53. The van der Waals surface area contributed by atoms with Crippen LogP contribution in [0.5, 0.6) is 5.75 Å². The SMILES string of the molecule is CNS(=O)(=O)c1ccc(C(=O)NCCc2ccc(OC(F)F)cc2)cc1. The second-order valence-corrected chi connectivity index (χ2v) is 7.15. The molecular formula is C17H18F2N2O4S. The molecular weight excluding hydrogens is 366 g/mol. The minimum atomic E-state index is -3.54. The summed E-state index contributed by atoms with van der Waals surface area (Å²) in [7, 11) is -2.24. The lowest BCUT2D eigenvalue weighted by Gasteiger charge is -2.08. The van der Waals surface area contributed by atoms with Crippen molar-refractivity contribution in [3.8, 4) is 5.75 Å². The number of hydrogen-bond donors (Lipinski definition) is 2. The summed E-state index contributed by atoms with van der Waals surface area (Å²) in [5.74, 6) is -0.263. The molecule has 140 valence electrons. The molecule has 0 saturated heterocycles. The highest BCUT2D eigenvalue weighted by Crippen LogP contribution is 2.15. The average Bonchev–Trinajstić information content (AvgIpc) is 2.62. The quantitative estimate of drug-likeness (QED) is 0.731. The van der Waals surface area contributed by atoms with Gasteiger partial charge in [-0.3, -0.25) is 4.79 Å². The fraction of sp³-hybridized carbons (Fsp3) is 0.235. The molecule has 6 nitrogen and oxygen atoms in total. The van der Waals surface area contributed by atoms with Crippen molar-refractivity contribution in [1.82, 2.24) is 10.0 Å². The van der Waals surface area contributed by atoms with Crippen molar-refractivity contribution in [3.05, 3.63) is 59.7 Å². The van der Waals surface area contributed by atoms with E-state index in [9.17, 15) is 22.0 Å². The maximum Gasteiger partial charge on any atom is 0.387 e. The lowest BCUT2D eigenvalue weighted by molar-refractivity contribution is -0.0498. The molecule has 0 bridgehead atoms. The highest BCUT2D eigenvalue weighted by atomic mass is 32.2. The average molecular weight is 384 g/mol. The van der Waals surface area contributed by atoms with Gasteiger partial charge in [0.2, 0.25) is 10.0 Å². The molecule has 0 spiro atoms. The third-order valence-corrected chi connectivity index (χ3v) is 4.97. The Hall–Kier alpha value is -2.52. The first-order chi connectivity index (χ1) is 12.3. The number of halogens is 2. The normalized spacial score (nSPS) is 11.4. The van der Waals surface area contributed by atoms with Gasteiger partial charge in [-0.2, -0.15) is 8.78 Å². The molecule has 0 aromatic heterocycles. The maximum absolute atomic E-state index is 12.1. The van der Waals surface area contributed by atoms with Crippen molar-refractivity contribution in [2.75, 3.05) is 13.6 Å². The Kier molecular flexibility index (Phi) is 6.64. The van der Waals surface area contributed by atoms with Gasteiger partial charge in [0, 0.05) is 12.1 Å². The Morgan fingerprint density at radius 2 is 1.69 bits per heavy atom. The molecule has 2 aromatic rings. The molecule has 0 atom stereocenters. The van der Waals surface area contributed by atoms with E-state index in [-0.39, 0.29) is 16.6 Å². The van der Waals surface area contributed by atoms with Crippen LogP contribution in [0.25, 0.3) is 0 Å². The van der Waals surface area contributed by atoms with Crippen molar-refractivity contribution in [3.63, 3.8) is 0 Å². The molecule has 2 N–H and O–H groups in total. The van der Waals surface area contributed by atoms with Gasteiger partial charge >= 0.3 is 6.61 Å². The van der Waals surface area contributed by atoms with Crippen LogP contribution in [0.15, 0.2) is 53.4 Å². The fourth-order valence-electron chi connectivity index (χ4n) is 2.16. The minimum Gasteiger partial charge on any atom is -0.435 e. The zero-order chi connectivity index (χ0) is 19.2. The van der Waals surface area contributed by atoms with Crippen LogP contribution in [-0.2, 0) is 16.4 Å². The van der Waals surface area contributed by atoms with Gasteiger partial charge in [0.25, 0.3) is 5.91 Å². The molecule has 0 saturated carbocycles. The van der Waals surface area contributed by atoms with Crippen molar-refractivity contribution in [2.24, 2.45) is 0 Å². The third kappa shape index (κ3) is 5.50. The summed E-state index contributed by atoms with van der Waals surface area (Å²) in [6.07, 6.45) is 0.507. The largest absolute Gasteiger partial charge is 0.435 e. The van der Waals surface area contributed by atoms with Crippen LogP contribution in [0.1, 0.15) is 15.9 Å². The predicted octanol–water partition coefficient (Wildman–Crippen LogP) is 2.17. The Balaban J connectivity index is 1.87. The van der Waals surface area contributed by atoms with E-state index in [4.69, 9.17) is 0 Å². The number of amides is 1. The van der Waals surface area contributed by atoms with Crippen LogP contribution >= 0.6 is 0 Å². The predicted molar refractivity (Wildman–Crippen MR) is 91.8 cm³/mol. The summed E-state index contributed by atoms with van der Waals surface area (Å²) < 4.78 is 53.9. The Bertz CT molecular complexity index is 838. The number of nitrogens with one attached hydrogen (secondary N) is 2. The van der Waals surface area contributed by atoms with Gasteiger partial charge in [-0.15, -0.1) is 0 Å². The van der Waals surface area contributed by atoms with Gasteiger partial charge in [-0.25, -0.2) is 13.1 Å². The Morgan fingerprint density at radius 1 is 1.08 bits per heavy atom. The van der Waals surface area contributed by atoms with E-state index in [1.165, 1.54) is 43.4 Å². The van der Waals surface area contributed by atoms with E-state index in [0.29, 0.717) is 18.5 Å². The summed E-state index contributed by atoms with van der Waals surface area (Å²) in [4.78, 5) is 12.1. The lowest BCUT2D eigenvalue weighted by atomic mass is 10.1. The second kappa shape index (κ2) is 8.72. The smallest absolute Gasteiger partial charge is 0.387 e. The van der Waals surface area contributed by atoms with Gasteiger partial charge < -0.3 is 10.1 Å². The number of carbonyl (C=O) groups is 1. The van der Waals surface area contributed by atoms with Crippen molar-refractivity contribution >= 4 is 15.9 Å². The number of ether oxygens (including phenoxy) is 1. The zero-order valence-corrected chi connectivity index (χ0v) is 14.7. The van der Waals surface area contributed by atoms with Gasteiger partial charge in [-0.1, -0.05) is 12.1 Å².